The van der Waals surface area contributed by atoms with Gasteiger partial charge in [-0.2, -0.15) is 18.3 Å². The number of ether oxygens (including phenoxy) is 1. The van der Waals surface area contributed by atoms with Crippen LogP contribution in [0.15, 0.2) is 61.2 Å². The van der Waals surface area contributed by atoms with E-state index in [1.54, 1.807) is 12.1 Å². The van der Waals surface area contributed by atoms with E-state index in [0.717, 1.165) is 12.1 Å². The molecule has 0 bridgehead atoms. The van der Waals surface area contributed by atoms with Gasteiger partial charge >= 0.3 is 12.1 Å². The Bertz CT molecular complexity index is 1000. The molecule has 29 heavy (non-hydrogen) atoms. The molecule has 7 nitrogen and oxygen atoms in total. The van der Waals surface area contributed by atoms with Crippen molar-refractivity contribution in [2.24, 2.45) is 0 Å². The van der Waals surface area contributed by atoms with Crippen molar-refractivity contribution in [3.05, 3.63) is 72.3 Å². The Morgan fingerprint density at radius 3 is 2.48 bits per heavy atom. The van der Waals surface area contributed by atoms with Crippen molar-refractivity contribution >= 4 is 17.6 Å². The maximum Gasteiger partial charge on any atom is 0.416 e. The summed E-state index contributed by atoms with van der Waals surface area (Å²) in [6, 6.07) is 10.4. The summed E-state index contributed by atoms with van der Waals surface area (Å²) in [5.41, 5.74) is -0.0701. The van der Waals surface area contributed by atoms with E-state index in [9.17, 15) is 22.8 Å². The van der Waals surface area contributed by atoms with Gasteiger partial charge < -0.3 is 10.1 Å². The molecule has 10 heteroatoms. The van der Waals surface area contributed by atoms with Crippen LogP contribution in [0.5, 0.6) is 0 Å². The molecule has 1 N–H and O–H groups in total. The number of nitrogens with one attached hydrogen (secondary N) is 1. The van der Waals surface area contributed by atoms with Crippen molar-refractivity contribution in [2.45, 2.75) is 19.2 Å². The molecule has 0 spiro atoms. The number of amides is 1. The number of hydrogen-bond donors (Lipinski definition) is 1. The van der Waals surface area contributed by atoms with Crippen LogP contribution in [-0.4, -0.2) is 32.7 Å². The van der Waals surface area contributed by atoms with Crippen LogP contribution >= 0.6 is 0 Å². The summed E-state index contributed by atoms with van der Waals surface area (Å²) < 4.78 is 44.8. The number of carbonyl (C=O) groups excluding carboxylic acids is 2. The number of hydrogen-bond acceptors (Lipinski definition) is 5. The Morgan fingerprint density at radius 1 is 1.14 bits per heavy atom. The Kier molecular flexibility index (Phi) is 5.62. The quantitative estimate of drug-likeness (QED) is 0.658. The Morgan fingerprint density at radius 2 is 1.86 bits per heavy atom. The van der Waals surface area contributed by atoms with E-state index in [2.05, 4.69) is 15.4 Å². The first-order valence-electron chi connectivity index (χ1n) is 8.38. The summed E-state index contributed by atoms with van der Waals surface area (Å²) in [5.74, 6) is -1.50. The second-order valence-electron chi connectivity index (χ2n) is 6.00. The molecule has 3 aromatic rings. The van der Waals surface area contributed by atoms with E-state index in [4.69, 9.17) is 4.74 Å². The highest BCUT2D eigenvalue weighted by Gasteiger charge is 2.30. The fourth-order valence-corrected chi connectivity index (χ4v) is 2.39. The minimum Gasteiger partial charge on any atom is -0.449 e. The van der Waals surface area contributed by atoms with Crippen LogP contribution in [0.2, 0.25) is 0 Å². The van der Waals surface area contributed by atoms with Gasteiger partial charge in [0.1, 0.15) is 12.7 Å². The van der Waals surface area contributed by atoms with Crippen LogP contribution in [0.4, 0.5) is 18.9 Å². The first-order valence-corrected chi connectivity index (χ1v) is 8.38. The highest BCUT2D eigenvalue weighted by Crippen LogP contribution is 2.30. The van der Waals surface area contributed by atoms with Crippen LogP contribution in [0.25, 0.3) is 5.69 Å². The van der Waals surface area contributed by atoms with E-state index >= 15 is 0 Å². The fraction of sp³-hybridized carbons (Fsp3) is 0.158. The van der Waals surface area contributed by atoms with Gasteiger partial charge in [0.05, 0.1) is 16.8 Å². The zero-order chi connectivity index (χ0) is 21.0. The van der Waals surface area contributed by atoms with Crippen LogP contribution in [0.1, 0.15) is 22.8 Å². The van der Waals surface area contributed by atoms with Crippen LogP contribution in [-0.2, 0) is 15.7 Å². The molecule has 1 atom stereocenters. The third kappa shape index (κ3) is 4.98. The van der Waals surface area contributed by atoms with E-state index in [1.807, 2.05) is 0 Å². The molecule has 150 valence electrons. The number of aromatic nitrogens is 3. The Balaban J connectivity index is 1.61. The molecule has 0 aliphatic carbocycles. The average Bonchev–Trinajstić information content (AvgIpc) is 3.22. The highest BCUT2D eigenvalue weighted by atomic mass is 19.4. The van der Waals surface area contributed by atoms with Gasteiger partial charge in [0.2, 0.25) is 0 Å². The lowest BCUT2D eigenvalue weighted by atomic mass is 10.2. The van der Waals surface area contributed by atoms with Crippen molar-refractivity contribution in [1.82, 2.24) is 14.8 Å². The smallest absolute Gasteiger partial charge is 0.416 e. The number of halogens is 3. The predicted octanol–water partition coefficient (Wildman–Crippen LogP) is 3.47. The van der Waals surface area contributed by atoms with Crippen molar-refractivity contribution in [3.63, 3.8) is 0 Å². The number of esters is 1. The molecule has 2 aromatic carbocycles. The molecular formula is C19H15F3N4O3. The molecule has 0 saturated heterocycles. The van der Waals surface area contributed by atoms with Gasteiger partial charge in [-0.05, 0) is 49.4 Å². The van der Waals surface area contributed by atoms with Crippen molar-refractivity contribution in [2.75, 3.05) is 5.32 Å². The molecule has 0 saturated carbocycles. The van der Waals surface area contributed by atoms with Crippen LogP contribution in [0, 0.1) is 0 Å². The SMILES string of the molecule is C[C@H](OC(=O)c1ccc(-n2cncn2)cc1)C(=O)Nc1cccc(C(F)(F)F)c1. The first-order chi connectivity index (χ1) is 13.7. The molecule has 3 rings (SSSR count). The van der Waals surface area contributed by atoms with Gasteiger partial charge in [0, 0.05) is 5.69 Å². The minimum absolute atomic E-state index is 0.0510. The first kappa shape index (κ1) is 20.1. The second-order valence-corrected chi connectivity index (χ2v) is 6.00. The van der Waals surface area contributed by atoms with Gasteiger partial charge in [-0.3, -0.25) is 4.79 Å². The Hall–Kier alpha value is -3.69. The fourth-order valence-electron chi connectivity index (χ4n) is 2.39. The summed E-state index contributed by atoms with van der Waals surface area (Å²) in [7, 11) is 0. The van der Waals surface area contributed by atoms with E-state index in [0.29, 0.717) is 5.69 Å². The predicted molar refractivity (Wildman–Crippen MR) is 96.3 cm³/mol. The molecule has 1 amide bonds. The van der Waals surface area contributed by atoms with E-state index in [-0.39, 0.29) is 11.3 Å². The van der Waals surface area contributed by atoms with Gasteiger partial charge in [-0.25, -0.2) is 14.5 Å². The van der Waals surface area contributed by atoms with Crippen LogP contribution < -0.4 is 5.32 Å². The molecule has 0 aliphatic rings. The molecule has 0 fully saturated rings. The number of nitrogens with zero attached hydrogens (tertiary/aromatic N) is 3. The van der Waals surface area contributed by atoms with Gasteiger partial charge in [0.25, 0.3) is 5.91 Å². The normalized spacial score (nSPS) is 12.3. The monoisotopic (exact) mass is 404 g/mol. The lowest BCUT2D eigenvalue weighted by Crippen LogP contribution is -2.30. The molecule has 1 heterocycles. The number of carbonyl (C=O) groups is 2. The van der Waals surface area contributed by atoms with E-state index < -0.39 is 29.7 Å². The zero-order valence-electron chi connectivity index (χ0n) is 15.1. The molecule has 0 unspecified atom stereocenters. The lowest BCUT2D eigenvalue weighted by Gasteiger charge is -2.15. The summed E-state index contributed by atoms with van der Waals surface area (Å²) >= 11 is 0. The third-order valence-corrected chi connectivity index (χ3v) is 3.90. The molecular weight excluding hydrogens is 389 g/mol. The number of alkyl halides is 3. The average molecular weight is 404 g/mol. The van der Waals surface area contributed by atoms with Gasteiger partial charge in [-0.1, -0.05) is 6.07 Å². The third-order valence-electron chi connectivity index (χ3n) is 3.90. The van der Waals surface area contributed by atoms with Gasteiger partial charge in [-0.15, -0.1) is 0 Å². The number of anilines is 1. The van der Waals surface area contributed by atoms with Crippen molar-refractivity contribution in [1.29, 1.82) is 0 Å². The van der Waals surface area contributed by atoms with Crippen LogP contribution in [0.3, 0.4) is 0 Å². The highest BCUT2D eigenvalue weighted by molar-refractivity contribution is 5.97. The maximum atomic E-state index is 12.8. The summed E-state index contributed by atoms with van der Waals surface area (Å²) in [5, 5.41) is 6.26. The minimum atomic E-state index is -4.53. The summed E-state index contributed by atoms with van der Waals surface area (Å²) in [6.07, 6.45) is -2.88. The second kappa shape index (κ2) is 8.13. The molecule has 0 radical (unpaired) electrons. The lowest BCUT2D eigenvalue weighted by molar-refractivity contribution is -0.137. The van der Waals surface area contributed by atoms with Gasteiger partial charge in [0.15, 0.2) is 6.10 Å². The zero-order valence-corrected chi connectivity index (χ0v) is 15.1. The number of rotatable bonds is 5. The molecule has 0 aliphatic heterocycles. The standard InChI is InChI=1S/C19H15F3N4O3/c1-12(17(27)25-15-4-2-3-14(9-15)19(20,21)22)29-18(28)13-5-7-16(8-6-13)26-11-23-10-24-26/h2-12H,1H3,(H,25,27)/t12-/m0/s1. The summed E-state index contributed by atoms with van der Waals surface area (Å²) in [4.78, 5) is 28.2. The van der Waals surface area contributed by atoms with Crippen molar-refractivity contribution < 1.29 is 27.5 Å². The Labute approximate surface area is 163 Å². The topological polar surface area (TPSA) is 86.1 Å². The van der Waals surface area contributed by atoms with E-state index in [1.165, 1.54) is 48.5 Å². The largest absolute Gasteiger partial charge is 0.449 e. The number of benzene rings is 2. The molecule has 1 aromatic heterocycles. The van der Waals surface area contributed by atoms with Crippen molar-refractivity contribution in [3.8, 4) is 5.69 Å². The maximum absolute atomic E-state index is 12.8. The summed E-state index contributed by atoms with van der Waals surface area (Å²) in [6.45, 7) is 1.32.